The van der Waals surface area contributed by atoms with E-state index in [0.29, 0.717) is 25.1 Å². The molecule has 1 saturated heterocycles. The lowest BCUT2D eigenvalue weighted by atomic mass is 10.2. The lowest BCUT2D eigenvalue weighted by Crippen LogP contribution is -2.46. The standard InChI is InChI=1S/C14H22N2O4/c1-4-11(16-8-6-7-12(16)17)14(19)15-10(3)9-13(18)20-5-2/h9,11H,4-8H2,1-3H3,(H,15,19)/b10-9-. The van der Waals surface area contributed by atoms with E-state index in [4.69, 9.17) is 4.74 Å². The van der Waals surface area contributed by atoms with E-state index < -0.39 is 12.0 Å². The van der Waals surface area contributed by atoms with Crippen LogP contribution in [0.25, 0.3) is 0 Å². The number of nitrogens with zero attached hydrogens (tertiary/aromatic N) is 1. The van der Waals surface area contributed by atoms with E-state index in [1.807, 2.05) is 6.92 Å². The third-order valence-corrected chi connectivity index (χ3v) is 3.12. The smallest absolute Gasteiger partial charge is 0.332 e. The van der Waals surface area contributed by atoms with Gasteiger partial charge in [-0.05, 0) is 26.7 Å². The van der Waals surface area contributed by atoms with Crippen LogP contribution < -0.4 is 5.32 Å². The second-order valence-corrected chi connectivity index (χ2v) is 4.68. The molecule has 0 spiro atoms. The number of amides is 2. The van der Waals surface area contributed by atoms with Crippen LogP contribution in [0.3, 0.4) is 0 Å². The number of nitrogens with one attached hydrogen (secondary N) is 1. The highest BCUT2D eigenvalue weighted by molar-refractivity contribution is 5.90. The maximum absolute atomic E-state index is 12.2. The predicted octanol–water partition coefficient (Wildman–Crippen LogP) is 0.970. The molecule has 1 unspecified atom stereocenters. The summed E-state index contributed by atoms with van der Waals surface area (Å²) in [6, 6.07) is -0.476. The molecule has 0 aromatic heterocycles. The summed E-state index contributed by atoms with van der Waals surface area (Å²) in [4.78, 5) is 36.7. The fourth-order valence-corrected chi connectivity index (χ4v) is 2.22. The summed E-state index contributed by atoms with van der Waals surface area (Å²) in [5.41, 5.74) is 0.415. The maximum Gasteiger partial charge on any atom is 0.332 e. The first-order valence-corrected chi connectivity index (χ1v) is 6.95. The fourth-order valence-electron chi connectivity index (χ4n) is 2.22. The highest BCUT2D eigenvalue weighted by Crippen LogP contribution is 2.16. The Labute approximate surface area is 119 Å². The number of esters is 1. The van der Waals surface area contributed by atoms with Crippen molar-refractivity contribution in [2.75, 3.05) is 13.2 Å². The Morgan fingerprint density at radius 1 is 1.45 bits per heavy atom. The fraction of sp³-hybridized carbons (Fsp3) is 0.643. The minimum Gasteiger partial charge on any atom is -0.463 e. The van der Waals surface area contributed by atoms with E-state index in [2.05, 4.69) is 5.32 Å². The molecule has 1 aliphatic heterocycles. The number of allylic oxidation sites excluding steroid dienone is 1. The normalized spacial score (nSPS) is 17.1. The molecule has 1 heterocycles. The Kier molecular flexibility index (Phi) is 6.21. The summed E-state index contributed by atoms with van der Waals surface area (Å²) in [6.45, 7) is 6.10. The van der Waals surface area contributed by atoms with Gasteiger partial charge in [0.15, 0.2) is 0 Å². The van der Waals surface area contributed by atoms with Gasteiger partial charge in [-0.1, -0.05) is 6.92 Å². The molecule has 20 heavy (non-hydrogen) atoms. The van der Waals surface area contributed by atoms with Crippen molar-refractivity contribution in [1.82, 2.24) is 10.2 Å². The minimum atomic E-state index is -0.490. The molecule has 0 aliphatic carbocycles. The molecule has 1 fully saturated rings. The Hall–Kier alpha value is -1.85. The number of rotatable bonds is 6. The average molecular weight is 282 g/mol. The van der Waals surface area contributed by atoms with E-state index in [0.717, 1.165) is 6.42 Å². The third-order valence-electron chi connectivity index (χ3n) is 3.12. The number of likely N-dealkylation sites (tertiary alicyclic amines) is 1. The summed E-state index contributed by atoms with van der Waals surface area (Å²) < 4.78 is 4.77. The number of hydrogen-bond donors (Lipinski definition) is 1. The van der Waals surface area contributed by atoms with E-state index in [9.17, 15) is 14.4 Å². The molecule has 6 nitrogen and oxygen atoms in total. The van der Waals surface area contributed by atoms with Gasteiger partial charge >= 0.3 is 5.97 Å². The molecule has 1 rings (SSSR count). The second-order valence-electron chi connectivity index (χ2n) is 4.68. The van der Waals surface area contributed by atoms with Crippen LogP contribution in [0.4, 0.5) is 0 Å². The lowest BCUT2D eigenvalue weighted by molar-refractivity contribution is -0.138. The van der Waals surface area contributed by atoms with Crippen LogP contribution in [0.15, 0.2) is 11.8 Å². The number of carbonyl (C=O) groups is 3. The third kappa shape index (κ3) is 4.36. The lowest BCUT2D eigenvalue weighted by Gasteiger charge is -2.25. The highest BCUT2D eigenvalue weighted by Gasteiger charge is 2.31. The first-order chi connectivity index (χ1) is 9.49. The van der Waals surface area contributed by atoms with Gasteiger partial charge in [0.1, 0.15) is 6.04 Å². The molecule has 0 aromatic rings. The zero-order chi connectivity index (χ0) is 15.1. The molecule has 0 bridgehead atoms. The van der Waals surface area contributed by atoms with Crippen molar-refractivity contribution in [2.24, 2.45) is 0 Å². The van der Waals surface area contributed by atoms with Gasteiger partial charge in [-0.15, -0.1) is 0 Å². The largest absolute Gasteiger partial charge is 0.463 e. The first kappa shape index (κ1) is 16.2. The van der Waals surface area contributed by atoms with Gasteiger partial charge < -0.3 is 15.0 Å². The van der Waals surface area contributed by atoms with Gasteiger partial charge in [-0.3, -0.25) is 9.59 Å². The zero-order valence-electron chi connectivity index (χ0n) is 12.3. The SMILES string of the molecule is CCOC(=O)/C=C(/C)NC(=O)C(CC)N1CCCC1=O. The van der Waals surface area contributed by atoms with Gasteiger partial charge in [-0.2, -0.15) is 0 Å². The first-order valence-electron chi connectivity index (χ1n) is 6.95. The quantitative estimate of drug-likeness (QED) is 0.582. The molecule has 2 amide bonds. The van der Waals surface area contributed by atoms with E-state index in [1.165, 1.54) is 6.08 Å². The Morgan fingerprint density at radius 3 is 2.65 bits per heavy atom. The van der Waals surface area contributed by atoms with Crippen LogP contribution in [0.2, 0.25) is 0 Å². The number of ether oxygens (including phenoxy) is 1. The molecule has 1 atom stereocenters. The van der Waals surface area contributed by atoms with Crippen LogP contribution >= 0.6 is 0 Å². The summed E-state index contributed by atoms with van der Waals surface area (Å²) in [7, 11) is 0. The predicted molar refractivity (Wildman–Crippen MR) is 73.6 cm³/mol. The molecule has 6 heteroatoms. The molecule has 0 saturated carbocycles. The molecular weight excluding hydrogens is 260 g/mol. The highest BCUT2D eigenvalue weighted by atomic mass is 16.5. The molecule has 1 aliphatic rings. The number of hydrogen-bond acceptors (Lipinski definition) is 4. The topological polar surface area (TPSA) is 75.7 Å². The van der Waals surface area contributed by atoms with E-state index in [-0.39, 0.29) is 18.4 Å². The van der Waals surface area contributed by atoms with Crippen molar-refractivity contribution in [1.29, 1.82) is 0 Å². The van der Waals surface area contributed by atoms with Crippen molar-refractivity contribution in [3.63, 3.8) is 0 Å². The van der Waals surface area contributed by atoms with Crippen LogP contribution in [0.1, 0.15) is 40.0 Å². The van der Waals surface area contributed by atoms with Crippen LogP contribution in [0.5, 0.6) is 0 Å². The monoisotopic (exact) mass is 282 g/mol. The number of carbonyl (C=O) groups excluding carboxylic acids is 3. The van der Waals surface area contributed by atoms with Gasteiger partial charge in [0.05, 0.1) is 6.61 Å². The molecule has 0 radical (unpaired) electrons. The maximum atomic E-state index is 12.2. The van der Waals surface area contributed by atoms with Gasteiger partial charge in [-0.25, -0.2) is 4.79 Å². The Bertz CT molecular complexity index is 417. The van der Waals surface area contributed by atoms with Crippen LogP contribution in [-0.4, -0.2) is 41.9 Å². The Balaban J connectivity index is 2.63. The molecule has 1 N–H and O–H groups in total. The van der Waals surface area contributed by atoms with E-state index >= 15 is 0 Å². The van der Waals surface area contributed by atoms with Crippen molar-refractivity contribution in [3.05, 3.63) is 11.8 Å². The summed E-state index contributed by atoms with van der Waals surface area (Å²) in [5.74, 6) is -0.740. The van der Waals surface area contributed by atoms with Crippen molar-refractivity contribution in [2.45, 2.75) is 46.1 Å². The molecular formula is C14H22N2O4. The Morgan fingerprint density at radius 2 is 2.15 bits per heavy atom. The summed E-state index contributed by atoms with van der Waals surface area (Å²) >= 11 is 0. The average Bonchev–Trinajstić information content (AvgIpc) is 2.76. The van der Waals surface area contributed by atoms with E-state index in [1.54, 1.807) is 18.7 Å². The van der Waals surface area contributed by atoms with Crippen molar-refractivity contribution in [3.8, 4) is 0 Å². The van der Waals surface area contributed by atoms with Crippen molar-refractivity contribution >= 4 is 17.8 Å². The van der Waals surface area contributed by atoms with Crippen LogP contribution in [-0.2, 0) is 19.1 Å². The second kappa shape index (κ2) is 7.67. The van der Waals surface area contributed by atoms with Crippen molar-refractivity contribution < 1.29 is 19.1 Å². The molecule has 112 valence electrons. The van der Waals surface area contributed by atoms with Gasteiger partial charge in [0.2, 0.25) is 11.8 Å². The van der Waals surface area contributed by atoms with Gasteiger partial charge in [0.25, 0.3) is 0 Å². The van der Waals surface area contributed by atoms with Crippen LogP contribution in [0, 0.1) is 0 Å². The summed E-state index contributed by atoms with van der Waals surface area (Å²) in [6.07, 6.45) is 3.08. The van der Waals surface area contributed by atoms with Gasteiger partial charge in [0, 0.05) is 24.7 Å². The molecule has 0 aromatic carbocycles. The summed E-state index contributed by atoms with van der Waals surface area (Å²) in [5, 5.41) is 2.65. The zero-order valence-corrected chi connectivity index (χ0v) is 12.3. The minimum absolute atomic E-state index is 0.0130.